The van der Waals surface area contributed by atoms with E-state index < -0.39 is 0 Å². The van der Waals surface area contributed by atoms with Crippen LogP contribution in [0.25, 0.3) is 0 Å². The number of hydrogen-bond donors (Lipinski definition) is 0. The van der Waals surface area contributed by atoms with Crippen LogP contribution in [0.1, 0.15) is 35.7 Å². The minimum atomic E-state index is 0.418. The zero-order valence-corrected chi connectivity index (χ0v) is 11.2. The van der Waals surface area contributed by atoms with Crippen molar-refractivity contribution in [1.82, 2.24) is 20.0 Å². The molecule has 18 heavy (non-hydrogen) atoms. The summed E-state index contributed by atoms with van der Waals surface area (Å²) < 4.78 is 7.24. The highest BCUT2D eigenvalue weighted by molar-refractivity contribution is 7.09. The third-order valence-electron chi connectivity index (χ3n) is 3.16. The second kappa shape index (κ2) is 5.16. The molecule has 3 rings (SSSR count). The van der Waals surface area contributed by atoms with E-state index in [4.69, 9.17) is 4.74 Å². The first kappa shape index (κ1) is 11.8. The highest BCUT2D eigenvalue weighted by atomic mass is 32.1. The second-order valence-electron chi connectivity index (χ2n) is 4.49. The van der Waals surface area contributed by atoms with Crippen LogP contribution in [0.4, 0.5) is 0 Å². The largest absolute Gasteiger partial charge is 0.381 e. The Morgan fingerprint density at radius 1 is 1.56 bits per heavy atom. The number of nitrogens with zero attached hydrogens (tertiary/aromatic N) is 4. The summed E-state index contributed by atoms with van der Waals surface area (Å²) in [5.74, 6) is 0.418. The van der Waals surface area contributed by atoms with Crippen molar-refractivity contribution in [2.45, 2.75) is 32.2 Å². The maximum atomic E-state index is 5.37. The van der Waals surface area contributed by atoms with E-state index in [1.165, 1.54) is 0 Å². The van der Waals surface area contributed by atoms with E-state index in [1.807, 2.05) is 10.9 Å². The van der Waals surface area contributed by atoms with E-state index in [2.05, 4.69) is 27.6 Å². The third kappa shape index (κ3) is 2.44. The SMILES string of the molecule is CCc1csc(Cn2cc([C@H]3CCOC3)nn2)n1. The van der Waals surface area contributed by atoms with Gasteiger partial charge in [-0.1, -0.05) is 12.1 Å². The molecule has 1 fully saturated rings. The van der Waals surface area contributed by atoms with Gasteiger partial charge in [-0.25, -0.2) is 9.67 Å². The Morgan fingerprint density at radius 3 is 3.22 bits per heavy atom. The molecule has 2 aromatic rings. The van der Waals surface area contributed by atoms with Gasteiger partial charge in [-0.2, -0.15) is 0 Å². The van der Waals surface area contributed by atoms with Crippen molar-refractivity contribution in [3.63, 3.8) is 0 Å². The molecular weight excluding hydrogens is 248 g/mol. The van der Waals surface area contributed by atoms with E-state index in [0.717, 1.165) is 42.5 Å². The summed E-state index contributed by atoms with van der Waals surface area (Å²) in [6.45, 7) is 4.44. The normalized spacial score (nSPS) is 19.5. The maximum absolute atomic E-state index is 5.37. The Balaban J connectivity index is 1.69. The molecule has 1 aliphatic rings. The van der Waals surface area contributed by atoms with Crippen molar-refractivity contribution in [2.75, 3.05) is 13.2 Å². The van der Waals surface area contributed by atoms with Crippen LogP contribution in [0.5, 0.6) is 0 Å². The van der Waals surface area contributed by atoms with Crippen molar-refractivity contribution in [1.29, 1.82) is 0 Å². The first-order chi connectivity index (χ1) is 8.85. The molecule has 1 atom stereocenters. The van der Waals surface area contributed by atoms with Crippen molar-refractivity contribution in [3.8, 4) is 0 Å². The number of thiazole rings is 1. The molecular formula is C12H16N4OS. The molecule has 0 aromatic carbocycles. The van der Waals surface area contributed by atoms with Gasteiger partial charge >= 0.3 is 0 Å². The smallest absolute Gasteiger partial charge is 0.114 e. The Hall–Kier alpha value is -1.27. The molecule has 2 aromatic heterocycles. The maximum Gasteiger partial charge on any atom is 0.114 e. The molecule has 3 heterocycles. The molecule has 0 aliphatic carbocycles. The lowest BCUT2D eigenvalue weighted by atomic mass is 10.1. The van der Waals surface area contributed by atoms with Crippen LogP contribution in [0.2, 0.25) is 0 Å². The standard InChI is InChI=1S/C12H16N4OS/c1-2-10-8-18-12(13-10)6-16-5-11(14-15-16)9-3-4-17-7-9/h5,8-9H,2-4,6-7H2,1H3/t9-/m0/s1. The van der Waals surface area contributed by atoms with E-state index in [-0.39, 0.29) is 0 Å². The Bertz CT molecular complexity index is 516. The predicted molar refractivity (Wildman–Crippen MR) is 68.8 cm³/mol. The molecule has 1 saturated heterocycles. The quantitative estimate of drug-likeness (QED) is 0.845. The summed E-state index contributed by atoms with van der Waals surface area (Å²) >= 11 is 1.69. The van der Waals surface area contributed by atoms with Crippen molar-refractivity contribution in [2.24, 2.45) is 0 Å². The van der Waals surface area contributed by atoms with E-state index >= 15 is 0 Å². The molecule has 0 spiro atoms. The van der Waals surface area contributed by atoms with Gasteiger partial charge in [0, 0.05) is 24.1 Å². The van der Waals surface area contributed by atoms with E-state index in [1.54, 1.807) is 11.3 Å². The average molecular weight is 264 g/mol. The van der Waals surface area contributed by atoms with Gasteiger partial charge in [0.15, 0.2) is 0 Å². The first-order valence-corrected chi connectivity index (χ1v) is 7.14. The van der Waals surface area contributed by atoms with Gasteiger partial charge in [-0.05, 0) is 12.8 Å². The molecule has 1 aliphatic heterocycles. The number of aromatic nitrogens is 4. The zero-order valence-electron chi connectivity index (χ0n) is 10.4. The van der Waals surface area contributed by atoms with Crippen molar-refractivity contribution in [3.05, 3.63) is 28.0 Å². The fraction of sp³-hybridized carbons (Fsp3) is 0.583. The van der Waals surface area contributed by atoms with E-state index in [9.17, 15) is 0 Å². The highest BCUT2D eigenvalue weighted by Gasteiger charge is 2.20. The Labute approximate surface area is 110 Å². The monoisotopic (exact) mass is 264 g/mol. The van der Waals surface area contributed by atoms with Gasteiger partial charge in [0.05, 0.1) is 24.5 Å². The Morgan fingerprint density at radius 2 is 2.50 bits per heavy atom. The molecule has 0 N–H and O–H groups in total. The zero-order chi connectivity index (χ0) is 12.4. The number of rotatable bonds is 4. The van der Waals surface area contributed by atoms with Gasteiger partial charge in [0.2, 0.25) is 0 Å². The van der Waals surface area contributed by atoms with Crippen LogP contribution in [-0.4, -0.2) is 33.2 Å². The van der Waals surface area contributed by atoms with Crippen LogP contribution in [0.15, 0.2) is 11.6 Å². The summed E-state index contributed by atoms with van der Waals surface area (Å²) in [5.41, 5.74) is 2.19. The lowest BCUT2D eigenvalue weighted by Crippen LogP contribution is -2.00. The molecule has 0 radical (unpaired) electrons. The van der Waals surface area contributed by atoms with Crippen LogP contribution >= 0.6 is 11.3 Å². The lowest BCUT2D eigenvalue weighted by Gasteiger charge is -2.00. The van der Waals surface area contributed by atoms with E-state index in [0.29, 0.717) is 12.5 Å². The fourth-order valence-electron chi connectivity index (χ4n) is 2.07. The molecule has 0 unspecified atom stereocenters. The number of hydrogen-bond acceptors (Lipinski definition) is 5. The molecule has 0 bridgehead atoms. The fourth-order valence-corrected chi connectivity index (χ4v) is 2.94. The first-order valence-electron chi connectivity index (χ1n) is 6.26. The lowest BCUT2D eigenvalue weighted by molar-refractivity contribution is 0.193. The van der Waals surface area contributed by atoms with Crippen molar-refractivity contribution >= 4 is 11.3 Å². The minimum absolute atomic E-state index is 0.418. The van der Waals surface area contributed by atoms with Gasteiger partial charge in [-0.15, -0.1) is 16.4 Å². The summed E-state index contributed by atoms with van der Waals surface area (Å²) in [6, 6.07) is 0. The average Bonchev–Trinajstić information content (AvgIpc) is 3.10. The Kier molecular flexibility index (Phi) is 3.38. The third-order valence-corrected chi connectivity index (χ3v) is 4.05. The van der Waals surface area contributed by atoms with Gasteiger partial charge in [0.1, 0.15) is 5.01 Å². The number of ether oxygens (including phenoxy) is 1. The number of aryl methyl sites for hydroxylation is 1. The topological polar surface area (TPSA) is 52.8 Å². The van der Waals surface area contributed by atoms with Crippen LogP contribution in [-0.2, 0) is 17.7 Å². The van der Waals surface area contributed by atoms with Crippen LogP contribution in [0.3, 0.4) is 0 Å². The minimum Gasteiger partial charge on any atom is -0.381 e. The predicted octanol–water partition coefficient (Wildman–Crippen LogP) is 1.85. The van der Waals surface area contributed by atoms with Crippen molar-refractivity contribution < 1.29 is 4.74 Å². The second-order valence-corrected chi connectivity index (χ2v) is 5.43. The highest BCUT2D eigenvalue weighted by Crippen LogP contribution is 2.23. The van der Waals surface area contributed by atoms with Gasteiger partial charge in [0.25, 0.3) is 0 Å². The summed E-state index contributed by atoms with van der Waals surface area (Å²) in [7, 11) is 0. The molecule has 0 amide bonds. The molecule has 96 valence electrons. The summed E-state index contributed by atoms with van der Waals surface area (Å²) in [6.07, 6.45) is 4.06. The summed E-state index contributed by atoms with van der Waals surface area (Å²) in [4.78, 5) is 4.54. The van der Waals surface area contributed by atoms with Gasteiger partial charge in [-0.3, -0.25) is 0 Å². The molecule has 5 nitrogen and oxygen atoms in total. The molecule has 6 heteroatoms. The summed E-state index contributed by atoms with van der Waals surface area (Å²) in [5, 5.41) is 11.6. The van der Waals surface area contributed by atoms with Crippen LogP contribution < -0.4 is 0 Å². The molecule has 0 saturated carbocycles. The van der Waals surface area contributed by atoms with Gasteiger partial charge < -0.3 is 4.74 Å². The van der Waals surface area contributed by atoms with Crippen LogP contribution in [0, 0.1) is 0 Å².